The largest absolute Gasteiger partial charge is 0.322 e. The molecule has 1 unspecified atom stereocenters. The van der Waals surface area contributed by atoms with Crippen molar-refractivity contribution in [1.29, 1.82) is 0 Å². The lowest BCUT2D eigenvalue weighted by atomic mass is 10.1. The molecule has 3 nitrogen and oxygen atoms in total. The van der Waals surface area contributed by atoms with Gasteiger partial charge >= 0.3 is 0 Å². The van der Waals surface area contributed by atoms with Crippen LogP contribution in [0.4, 0.5) is 5.69 Å². The number of rotatable bonds is 9. The van der Waals surface area contributed by atoms with Crippen LogP contribution in [0.3, 0.4) is 0 Å². The summed E-state index contributed by atoms with van der Waals surface area (Å²) < 4.78 is 0. The van der Waals surface area contributed by atoms with E-state index in [1.807, 2.05) is 0 Å². The summed E-state index contributed by atoms with van der Waals surface area (Å²) in [6, 6.07) is 5.48. The number of para-hydroxylation sites is 1. The van der Waals surface area contributed by atoms with Crippen LogP contribution in [0.1, 0.15) is 46.0 Å². The summed E-state index contributed by atoms with van der Waals surface area (Å²) in [7, 11) is 0. The molecule has 1 rings (SSSR count). The Morgan fingerprint density at radius 3 is 2.48 bits per heavy atom. The van der Waals surface area contributed by atoms with Crippen molar-refractivity contribution in [3.63, 3.8) is 0 Å². The van der Waals surface area contributed by atoms with Gasteiger partial charge in [-0.05, 0) is 25.5 Å². The van der Waals surface area contributed by atoms with E-state index < -0.39 is 0 Å². The fraction of sp³-hybridized carbons (Fsp3) is 0.562. The van der Waals surface area contributed by atoms with Crippen molar-refractivity contribution in [2.24, 2.45) is 0 Å². The van der Waals surface area contributed by atoms with Crippen molar-refractivity contribution in [1.82, 2.24) is 5.32 Å². The van der Waals surface area contributed by atoms with E-state index in [1.165, 1.54) is 25.7 Å². The molecule has 0 bridgehead atoms. The Hall–Kier alpha value is -0.770. The number of amides is 1. The Balaban J connectivity index is 2.31. The molecule has 0 saturated carbocycles. The molecule has 0 saturated heterocycles. The number of carbonyl (C=O) groups excluding carboxylic acids is 1. The predicted octanol–water partition coefficient (Wildman–Crippen LogP) is 4.88. The number of unbranched alkanes of at least 4 members (excludes halogenated alkanes) is 3. The number of hydrogen-bond donors (Lipinski definition) is 2. The Morgan fingerprint density at radius 1 is 1.19 bits per heavy atom. The molecule has 0 radical (unpaired) electrons. The molecule has 118 valence electrons. The molecule has 0 aromatic heterocycles. The minimum atomic E-state index is -0.134. The molecule has 0 aliphatic heterocycles. The summed E-state index contributed by atoms with van der Waals surface area (Å²) in [4.78, 5) is 11.9. The first-order valence-electron chi connectivity index (χ1n) is 7.51. The van der Waals surface area contributed by atoms with Crippen LogP contribution in [-0.4, -0.2) is 18.5 Å². The van der Waals surface area contributed by atoms with Crippen LogP contribution in [0.15, 0.2) is 18.2 Å². The molecule has 0 heterocycles. The number of carbonyl (C=O) groups is 1. The second-order valence-corrected chi connectivity index (χ2v) is 6.09. The zero-order valence-corrected chi connectivity index (χ0v) is 14.2. The molecule has 0 spiro atoms. The van der Waals surface area contributed by atoms with Crippen LogP contribution >= 0.6 is 23.2 Å². The first kappa shape index (κ1) is 18.3. The normalized spacial score (nSPS) is 12.2. The number of halogens is 2. The van der Waals surface area contributed by atoms with Crippen LogP contribution in [0, 0.1) is 0 Å². The first-order valence-corrected chi connectivity index (χ1v) is 8.27. The summed E-state index contributed by atoms with van der Waals surface area (Å²) in [5, 5.41) is 6.86. The van der Waals surface area contributed by atoms with E-state index in [4.69, 9.17) is 23.2 Å². The molecule has 0 fully saturated rings. The minimum absolute atomic E-state index is 0.134. The molecule has 5 heteroatoms. The molecular formula is C16H24Cl2N2O. The third-order valence-corrected chi connectivity index (χ3v) is 3.96. The monoisotopic (exact) mass is 330 g/mol. The van der Waals surface area contributed by atoms with Gasteiger partial charge < -0.3 is 10.6 Å². The molecule has 21 heavy (non-hydrogen) atoms. The molecule has 1 aromatic carbocycles. The first-order chi connectivity index (χ1) is 10.0. The van der Waals surface area contributed by atoms with Crippen LogP contribution in [-0.2, 0) is 4.79 Å². The lowest BCUT2D eigenvalue weighted by Gasteiger charge is -2.14. The summed E-state index contributed by atoms with van der Waals surface area (Å²) in [6.07, 6.45) is 6.05. The Labute approximate surface area is 137 Å². The van der Waals surface area contributed by atoms with Gasteiger partial charge in [0, 0.05) is 6.04 Å². The lowest BCUT2D eigenvalue weighted by molar-refractivity contribution is -0.115. The lowest BCUT2D eigenvalue weighted by Crippen LogP contribution is -2.34. The van der Waals surface area contributed by atoms with E-state index in [2.05, 4.69) is 24.5 Å². The summed E-state index contributed by atoms with van der Waals surface area (Å²) in [5.41, 5.74) is 0.475. The van der Waals surface area contributed by atoms with E-state index in [-0.39, 0.29) is 12.5 Å². The maximum absolute atomic E-state index is 11.9. The number of nitrogens with one attached hydrogen (secondary N) is 2. The second-order valence-electron chi connectivity index (χ2n) is 5.28. The molecule has 0 aliphatic carbocycles. The van der Waals surface area contributed by atoms with Crippen molar-refractivity contribution in [3.05, 3.63) is 28.2 Å². The topological polar surface area (TPSA) is 41.1 Å². The fourth-order valence-electron chi connectivity index (χ4n) is 2.05. The average molecular weight is 331 g/mol. The van der Waals surface area contributed by atoms with Gasteiger partial charge in [0.25, 0.3) is 0 Å². The molecule has 1 aromatic rings. The number of benzene rings is 1. The molecule has 1 amide bonds. The zero-order valence-electron chi connectivity index (χ0n) is 12.7. The van der Waals surface area contributed by atoms with Gasteiger partial charge in [-0.2, -0.15) is 0 Å². The van der Waals surface area contributed by atoms with E-state index in [0.29, 0.717) is 21.8 Å². The standard InChI is InChI=1S/C16H24Cl2N2O/c1-3-4-5-6-8-12(2)19-11-15(21)20-16-13(17)9-7-10-14(16)18/h7,9-10,12,19H,3-6,8,11H2,1-2H3,(H,20,21). The molecule has 2 N–H and O–H groups in total. The highest BCUT2D eigenvalue weighted by Gasteiger charge is 2.10. The highest BCUT2D eigenvalue weighted by molar-refractivity contribution is 6.39. The highest BCUT2D eigenvalue weighted by Crippen LogP contribution is 2.29. The van der Waals surface area contributed by atoms with E-state index in [1.54, 1.807) is 18.2 Å². The second kappa shape index (κ2) is 10.0. The van der Waals surface area contributed by atoms with Gasteiger partial charge in [0.05, 0.1) is 22.3 Å². The predicted molar refractivity (Wildman–Crippen MR) is 91.3 cm³/mol. The van der Waals surface area contributed by atoms with Gasteiger partial charge in [0.15, 0.2) is 0 Å². The van der Waals surface area contributed by atoms with Crippen molar-refractivity contribution in [2.45, 2.75) is 52.0 Å². The molecular weight excluding hydrogens is 307 g/mol. The van der Waals surface area contributed by atoms with Crippen LogP contribution in [0.2, 0.25) is 10.0 Å². The van der Waals surface area contributed by atoms with Crippen molar-refractivity contribution >= 4 is 34.8 Å². The maximum Gasteiger partial charge on any atom is 0.238 e. The van der Waals surface area contributed by atoms with Crippen molar-refractivity contribution in [3.8, 4) is 0 Å². The Morgan fingerprint density at radius 2 is 1.86 bits per heavy atom. The van der Waals surface area contributed by atoms with Crippen LogP contribution in [0.25, 0.3) is 0 Å². The van der Waals surface area contributed by atoms with E-state index in [0.717, 1.165) is 6.42 Å². The number of hydrogen-bond acceptors (Lipinski definition) is 2. The van der Waals surface area contributed by atoms with Gasteiger partial charge in [-0.25, -0.2) is 0 Å². The van der Waals surface area contributed by atoms with Crippen LogP contribution in [0.5, 0.6) is 0 Å². The smallest absolute Gasteiger partial charge is 0.238 e. The van der Waals surface area contributed by atoms with Gasteiger partial charge in [0.1, 0.15) is 0 Å². The third-order valence-electron chi connectivity index (χ3n) is 3.33. The Bertz CT molecular complexity index is 432. The third kappa shape index (κ3) is 7.16. The molecule has 1 atom stereocenters. The quantitative estimate of drug-likeness (QED) is 0.633. The zero-order chi connectivity index (χ0) is 15.7. The van der Waals surface area contributed by atoms with Gasteiger partial charge in [-0.15, -0.1) is 0 Å². The van der Waals surface area contributed by atoms with Crippen LogP contribution < -0.4 is 10.6 Å². The summed E-state index contributed by atoms with van der Waals surface area (Å²) in [6.45, 7) is 4.56. The average Bonchev–Trinajstić information content (AvgIpc) is 2.45. The molecule has 0 aliphatic rings. The highest BCUT2D eigenvalue weighted by atomic mass is 35.5. The summed E-state index contributed by atoms with van der Waals surface area (Å²) >= 11 is 12.0. The van der Waals surface area contributed by atoms with E-state index in [9.17, 15) is 4.79 Å². The van der Waals surface area contributed by atoms with Gasteiger partial charge in [-0.3, -0.25) is 4.79 Å². The van der Waals surface area contributed by atoms with E-state index >= 15 is 0 Å². The summed E-state index contributed by atoms with van der Waals surface area (Å²) in [5.74, 6) is -0.134. The van der Waals surface area contributed by atoms with Gasteiger partial charge in [0.2, 0.25) is 5.91 Å². The van der Waals surface area contributed by atoms with Gasteiger partial charge in [-0.1, -0.05) is 61.9 Å². The maximum atomic E-state index is 11.9. The minimum Gasteiger partial charge on any atom is -0.322 e. The fourth-order valence-corrected chi connectivity index (χ4v) is 2.54. The van der Waals surface area contributed by atoms with Crippen molar-refractivity contribution < 1.29 is 4.79 Å². The Kier molecular flexibility index (Phi) is 8.74. The SMILES string of the molecule is CCCCCCC(C)NCC(=O)Nc1c(Cl)cccc1Cl. The number of anilines is 1. The van der Waals surface area contributed by atoms with Crippen molar-refractivity contribution in [2.75, 3.05) is 11.9 Å².